The number of hydrogen-bond donors (Lipinski definition) is 0. The lowest BCUT2D eigenvalue weighted by atomic mass is 9.95. The Morgan fingerprint density at radius 3 is 1.23 bits per heavy atom. The van der Waals surface area contributed by atoms with Crippen LogP contribution in [0.3, 0.4) is 0 Å². The second-order valence-electron chi connectivity index (χ2n) is 13.6. The molecule has 1 nitrogen and oxygen atoms in total. The molecular weight excluding hydrogens is 639 g/mol. The van der Waals surface area contributed by atoms with E-state index in [0.717, 1.165) is 28.2 Å². The summed E-state index contributed by atoms with van der Waals surface area (Å²) in [6, 6.07) is 72.0. The Hall–Kier alpha value is -6.70. The Morgan fingerprint density at radius 2 is 0.755 bits per heavy atom. The number of aryl methyl sites for hydroxylation is 2. The third-order valence-corrected chi connectivity index (χ3v) is 9.83. The topological polar surface area (TPSA) is 3.24 Å². The first-order valence-corrected chi connectivity index (χ1v) is 18.3. The predicted molar refractivity (Wildman–Crippen MR) is 228 cm³/mol. The van der Waals surface area contributed by atoms with Gasteiger partial charge >= 0.3 is 0 Å². The minimum absolute atomic E-state index is 1.10. The Kier molecular flexibility index (Phi) is 9.64. The molecule has 0 aliphatic carbocycles. The minimum Gasteiger partial charge on any atom is -0.310 e. The highest BCUT2D eigenvalue weighted by molar-refractivity contribution is 5.99. The second kappa shape index (κ2) is 15.3. The zero-order chi connectivity index (χ0) is 36.0. The van der Waals surface area contributed by atoms with E-state index >= 15 is 0 Å². The van der Waals surface area contributed by atoms with Crippen LogP contribution in [-0.4, -0.2) is 0 Å². The van der Waals surface area contributed by atoms with Gasteiger partial charge in [0.25, 0.3) is 0 Å². The van der Waals surface area contributed by atoms with E-state index in [2.05, 4.69) is 231 Å². The summed E-state index contributed by atoms with van der Waals surface area (Å²) in [5.74, 6) is 0. The van der Waals surface area contributed by atoms with E-state index in [0.29, 0.717) is 0 Å². The molecule has 0 amide bonds. The number of hydrogen-bond acceptors (Lipinski definition) is 1. The van der Waals surface area contributed by atoms with Crippen molar-refractivity contribution in [3.8, 4) is 0 Å². The Bertz CT molecular complexity index is 2360. The molecule has 0 heterocycles. The van der Waals surface area contributed by atoms with Crippen molar-refractivity contribution in [3.63, 3.8) is 0 Å². The second-order valence-corrected chi connectivity index (χ2v) is 13.6. The summed E-state index contributed by atoms with van der Waals surface area (Å²) in [4.78, 5) is 2.37. The van der Waals surface area contributed by atoms with Crippen molar-refractivity contribution < 1.29 is 0 Å². The number of rotatable bonds is 9. The van der Waals surface area contributed by atoms with Gasteiger partial charge in [-0.2, -0.15) is 0 Å². The first kappa shape index (κ1) is 33.4. The van der Waals surface area contributed by atoms with E-state index in [1.807, 2.05) is 0 Å². The van der Waals surface area contributed by atoms with Gasteiger partial charge < -0.3 is 4.90 Å². The maximum absolute atomic E-state index is 2.37. The summed E-state index contributed by atoms with van der Waals surface area (Å²) < 4.78 is 0. The first-order chi connectivity index (χ1) is 26.1. The van der Waals surface area contributed by atoms with Gasteiger partial charge in [0.2, 0.25) is 0 Å². The molecule has 0 saturated carbocycles. The lowest BCUT2D eigenvalue weighted by molar-refractivity contribution is 1.29. The molecule has 8 aromatic rings. The summed E-state index contributed by atoms with van der Waals surface area (Å²) in [6.07, 6.45) is 4.59. The van der Waals surface area contributed by atoms with E-state index in [-0.39, 0.29) is 0 Å². The van der Waals surface area contributed by atoms with Gasteiger partial charge in [0.05, 0.1) is 5.69 Å². The van der Waals surface area contributed by atoms with Gasteiger partial charge in [0.15, 0.2) is 0 Å². The summed E-state index contributed by atoms with van der Waals surface area (Å²) >= 11 is 0. The fraction of sp³-hybridized carbons (Fsp3) is 0.0385. The zero-order valence-electron chi connectivity index (χ0n) is 30.2. The number of nitrogens with zero attached hydrogens (tertiary/aromatic N) is 1. The van der Waals surface area contributed by atoms with Gasteiger partial charge in [-0.25, -0.2) is 0 Å². The molecule has 0 spiro atoms. The normalized spacial score (nSPS) is 11.8. The van der Waals surface area contributed by atoms with Crippen molar-refractivity contribution in [3.05, 3.63) is 245 Å². The standard InChI is InChI=1S/C52H41N/c1-38-20-28-45(29-21-38)50(43-12-5-3-6-13-43)36-40-24-32-47(33-25-40)53(52-19-11-17-42-16-9-10-18-49(42)52)48-34-26-41(27-35-48)37-51(44-14-7-4-8-15-44)46-30-22-39(2)23-31-46/h3-37H,1-2H3. The molecule has 0 radical (unpaired) electrons. The van der Waals surface area contributed by atoms with Gasteiger partial charge in [-0.3, -0.25) is 0 Å². The molecule has 0 atom stereocenters. The first-order valence-electron chi connectivity index (χ1n) is 18.3. The van der Waals surface area contributed by atoms with Crippen LogP contribution in [0.25, 0.3) is 34.1 Å². The van der Waals surface area contributed by atoms with Crippen LogP contribution in [0.2, 0.25) is 0 Å². The van der Waals surface area contributed by atoms with Gasteiger partial charge in [-0.15, -0.1) is 0 Å². The highest BCUT2D eigenvalue weighted by Gasteiger charge is 2.16. The molecule has 0 aliphatic rings. The van der Waals surface area contributed by atoms with E-state index < -0.39 is 0 Å². The highest BCUT2D eigenvalue weighted by Crippen LogP contribution is 2.40. The fourth-order valence-corrected chi connectivity index (χ4v) is 6.97. The SMILES string of the molecule is Cc1ccc(C(=Cc2ccc(N(c3ccc(C=C(c4ccccc4)c4ccc(C)cc4)cc3)c3cccc4ccccc34)cc2)c2ccccc2)cc1. The van der Waals surface area contributed by atoms with Crippen molar-refractivity contribution in [1.29, 1.82) is 0 Å². The van der Waals surface area contributed by atoms with Crippen LogP contribution in [-0.2, 0) is 0 Å². The van der Waals surface area contributed by atoms with Gasteiger partial charge in [0.1, 0.15) is 0 Å². The third kappa shape index (κ3) is 7.52. The monoisotopic (exact) mass is 679 g/mol. The van der Waals surface area contributed by atoms with Crippen molar-refractivity contribution >= 4 is 51.1 Å². The number of benzene rings is 8. The van der Waals surface area contributed by atoms with Crippen molar-refractivity contribution in [1.82, 2.24) is 0 Å². The summed E-state index contributed by atoms with van der Waals surface area (Å²) in [7, 11) is 0. The van der Waals surface area contributed by atoms with E-state index in [4.69, 9.17) is 0 Å². The summed E-state index contributed by atoms with van der Waals surface area (Å²) in [5, 5.41) is 2.42. The van der Waals surface area contributed by atoms with Gasteiger partial charge in [-0.05, 0) is 106 Å². The average molecular weight is 680 g/mol. The third-order valence-electron chi connectivity index (χ3n) is 9.83. The highest BCUT2D eigenvalue weighted by atomic mass is 15.1. The zero-order valence-corrected chi connectivity index (χ0v) is 30.2. The van der Waals surface area contributed by atoms with E-state index in [1.54, 1.807) is 0 Å². The smallest absolute Gasteiger partial charge is 0.0540 e. The lowest BCUT2D eigenvalue weighted by Crippen LogP contribution is -2.10. The molecular formula is C52H41N. The largest absolute Gasteiger partial charge is 0.310 e. The lowest BCUT2D eigenvalue weighted by Gasteiger charge is -2.27. The molecule has 1 heteroatoms. The maximum atomic E-state index is 2.37. The molecule has 0 fully saturated rings. The molecule has 53 heavy (non-hydrogen) atoms. The fourth-order valence-electron chi connectivity index (χ4n) is 6.97. The van der Waals surface area contributed by atoms with Crippen LogP contribution >= 0.6 is 0 Å². The summed E-state index contributed by atoms with van der Waals surface area (Å²) in [6.45, 7) is 4.27. The molecule has 0 saturated heterocycles. The van der Waals surface area contributed by atoms with Crippen molar-refractivity contribution in [2.75, 3.05) is 4.90 Å². The van der Waals surface area contributed by atoms with E-state index in [1.165, 1.54) is 55.3 Å². The van der Waals surface area contributed by atoms with Gasteiger partial charge in [-0.1, -0.05) is 181 Å². The quantitative estimate of drug-likeness (QED) is 0.137. The van der Waals surface area contributed by atoms with Crippen LogP contribution in [0.4, 0.5) is 17.1 Å². The molecule has 0 aliphatic heterocycles. The van der Waals surface area contributed by atoms with Crippen LogP contribution in [0.15, 0.2) is 200 Å². The molecule has 8 rings (SSSR count). The van der Waals surface area contributed by atoms with Gasteiger partial charge in [0, 0.05) is 16.8 Å². The average Bonchev–Trinajstić information content (AvgIpc) is 3.22. The van der Waals surface area contributed by atoms with E-state index in [9.17, 15) is 0 Å². The number of fused-ring (bicyclic) bond motifs is 1. The predicted octanol–water partition coefficient (Wildman–Crippen LogP) is 14.1. The Labute approximate surface area is 313 Å². The molecule has 254 valence electrons. The molecule has 0 bridgehead atoms. The van der Waals surface area contributed by atoms with Crippen molar-refractivity contribution in [2.45, 2.75) is 13.8 Å². The van der Waals surface area contributed by atoms with Crippen molar-refractivity contribution in [2.24, 2.45) is 0 Å². The Morgan fingerprint density at radius 1 is 0.358 bits per heavy atom. The van der Waals surface area contributed by atoms with Crippen LogP contribution in [0.5, 0.6) is 0 Å². The number of anilines is 3. The molecule has 0 aromatic heterocycles. The molecule has 0 unspecified atom stereocenters. The maximum Gasteiger partial charge on any atom is 0.0540 e. The van der Waals surface area contributed by atoms with Crippen LogP contribution in [0, 0.1) is 13.8 Å². The molecule has 8 aromatic carbocycles. The Balaban J connectivity index is 1.20. The minimum atomic E-state index is 1.10. The summed E-state index contributed by atoms with van der Waals surface area (Å²) in [5.41, 5.74) is 15.4. The molecule has 0 N–H and O–H groups in total. The van der Waals surface area contributed by atoms with Crippen LogP contribution < -0.4 is 4.90 Å². The van der Waals surface area contributed by atoms with Crippen LogP contribution in [0.1, 0.15) is 44.5 Å².